The van der Waals surface area contributed by atoms with Crippen molar-refractivity contribution in [3.63, 3.8) is 0 Å². The number of likely N-dealkylation sites (N-methyl/N-ethyl adjacent to an activating group) is 1. The molecule has 0 amide bonds. The van der Waals surface area contributed by atoms with Gasteiger partial charge in [0.05, 0.1) is 0 Å². The number of hydrogen-bond donors (Lipinski definition) is 0. The van der Waals surface area contributed by atoms with Crippen molar-refractivity contribution in [2.75, 3.05) is 20.3 Å². The van der Waals surface area contributed by atoms with E-state index in [2.05, 4.69) is 30.9 Å². The van der Waals surface area contributed by atoms with Gasteiger partial charge in [0.1, 0.15) is 18.2 Å². The van der Waals surface area contributed by atoms with E-state index in [0.29, 0.717) is 13.2 Å². The average molecular weight is 458 g/mol. The fraction of sp³-hybridized carbons (Fsp3) is 0.519. The molecule has 0 bridgehead atoms. The van der Waals surface area contributed by atoms with Gasteiger partial charge in [0.25, 0.3) is 0 Å². The number of carbonyl (C=O) groups is 1. The summed E-state index contributed by atoms with van der Waals surface area (Å²) in [4.78, 5) is 14.3. The van der Waals surface area contributed by atoms with Crippen molar-refractivity contribution in [2.45, 2.75) is 70.6 Å². The largest absolute Gasteiger partial charge is 0.457 e. The molecule has 0 spiro atoms. The smallest absolute Gasteiger partial charge is 0.307 e. The molecule has 0 saturated heterocycles. The Balaban J connectivity index is 1.68. The van der Waals surface area contributed by atoms with Crippen molar-refractivity contribution >= 4 is 17.6 Å². The quantitative estimate of drug-likeness (QED) is 0.199. The Hall–Kier alpha value is -2.04. The number of carbonyl (C=O) groups excluding carboxylic acids is 1. The lowest BCUT2D eigenvalue weighted by atomic mass is 9.79. The van der Waals surface area contributed by atoms with E-state index < -0.39 is 0 Å². The van der Waals surface area contributed by atoms with E-state index in [9.17, 15) is 4.79 Å². The maximum absolute atomic E-state index is 12.2. The summed E-state index contributed by atoms with van der Waals surface area (Å²) in [6.45, 7) is 5.45. The topological polar surface area (TPSA) is 38.8 Å². The Kier molecular flexibility index (Phi) is 9.43. The summed E-state index contributed by atoms with van der Waals surface area (Å²) in [6, 6.07) is 14.1. The highest BCUT2D eigenvalue weighted by Gasteiger charge is 2.32. The molecule has 32 heavy (non-hydrogen) atoms. The van der Waals surface area contributed by atoms with Gasteiger partial charge >= 0.3 is 5.97 Å². The van der Waals surface area contributed by atoms with Crippen LogP contribution in [0.4, 0.5) is 0 Å². The van der Waals surface area contributed by atoms with Crippen molar-refractivity contribution < 1.29 is 14.3 Å². The van der Waals surface area contributed by atoms with Crippen LogP contribution in [0.1, 0.15) is 81.8 Å². The highest BCUT2D eigenvalue weighted by Crippen LogP contribution is 2.48. The fourth-order valence-electron chi connectivity index (χ4n) is 4.58. The normalized spacial score (nSPS) is 17.3. The van der Waals surface area contributed by atoms with Crippen molar-refractivity contribution in [2.24, 2.45) is 0 Å². The van der Waals surface area contributed by atoms with Crippen molar-refractivity contribution in [3.05, 3.63) is 58.6 Å². The summed E-state index contributed by atoms with van der Waals surface area (Å²) in [7, 11) is 2.01. The van der Waals surface area contributed by atoms with Crippen LogP contribution in [0.5, 0.6) is 11.5 Å². The summed E-state index contributed by atoms with van der Waals surface area (Å²) >= 11 is 6.35. The molecule has 4 nitrogen and oxygen atoms in total. The third kappa shape index (κ3) is 6.49. The molecule has 2 atom stereocenters. The number of esters is 1. The second-order valence-corrected chi connectivity index (χ2v) is 9.23. The van der Waals surface area contributed by atoms with Gasteiger partial charge in [-0.1, -0.05) is 69.3 Å². The molecular weight excluding hydrogens is 422 g/mol. The van der Waals surface area contributed by atoms with Crippen LogP contribution in [-0.4, -0.2) is 31.2 Å². The van der Waals surface area contributed by atoms with Gasteiger partial charge in [0, 0.05) is 23.9 Å². The second kappa shape index (κ2) is 12.3. The molecule has 1 aliphatic heterocycles. The molecule has 2 aromatic rings. The Bertz CT molecular complexity index is 885. The highest BCUT2D eigenvalue weighted by atomic mass is 35.5. The van der Waals surface area contributed by atoms with Gasteiger partial charge in [-0.05, 0) is 61.2 Å². The second-order valence-electron chi connectivity index (χ2n) is 8.79. The number of benzene rings is 2. The predicted molar refractivity (Wildman–Crippen MR) is 131 cm³/mol. The van der Waals surface area contributed by atoms with Crippen LogP contribution in [0.2, 0.25) is 5.02 Å². The number of nitrogens with zero attached hydrogens (tertiary/aromatic N) is 1. The lowest BCUT2D eigenvalue weighted by Crippen LogP contribution is -2.30. The monoisotopic (exact) mass is 457 g/mol. The number of rotatable bonds is 11. The number of fused-ring (bicyclic) bond motifs is 2. The third-order valence-electron chi connectivity index (χ3n) is 6.27. The molecule has 3 rings (SSSR count). The fourth-order valence-corrected chi connectivity index (χ4v) is 4.76. The first kappa shape index (κ1) is 24.6. The molecular formula is C27H36ClNO3. The molecule has 0 N–H and O–H groups in total. The molecule has 0 saturated carbocycles. The van der Waals surface area contributed by atoms with Crippen LogP contribution in [-0.2, 0) is 9.53 Å². The molecule has 0 unspecified atom stereocenters. The van der Waals surface area contributed by atoms with E-state index in [1.54, 1.807) is 0 Å². The van der Waals surface area contributed by atoms with Gasteiger partial charge in [-0.25, -0.2) is 0 Å². The van der Waals surface area contributed by atoms with Gasteiger partial charge < -0.3 is 9.47 Å². The maximum Gasteiger partial charge on any atom is 0.307 e. The van der Waals surface area contributed by atoms with E-state index in [1.807, 2.05) is 37.4 Å². The summed E-state index contributed by atoms with van der Waals surface area (Å²) in [5, 5.41) is 0.719. The number of unbranched alkanes of at least 4 members (excludes halogenated alkanes) is 4. The minimum atomic E-state index is -0.109. The lowest BCUT2D eigenvalue weighted by molar-refractivity contribution is -0.148. The first-order valence-corrected chi connectivity index (χ1v) is 12.3. The van der Waals surface area contributed by atoms with E-state index in [-0.39, 0.29) is 17.8 Å². The zero-order valence-corrected chi connectivity index (χ0v) is 20.4. The van der Waals surface area contributed by atoms with Crippen LogP contribution in [0.25, 0.3) is 0 Å². The molecule has 0 aromatic heterocycles. The number of para-hydroxylation sites is 1. The van der Waals surface area contributed by atoms with E-state index in [4.69, 9.17) is 21.1 Å². The molecule has 1 heterocycles. The first-order chi connectivity index (χ1) is 15.5. The van der Waals surface area contributed by atoms with Crippen LogP contribution in [0.3, 0.4) is 0 Å². The molecule has 2 aromatic carbocycles. The van der Waals surface area contributed by atoms with E-state index in [1.165, 1.54) is 24.8 Å². The minimum Gasteiger partial charge on any atom is -0.457 e. The summed E-state index contributed by atoms with van der Waals surface area (Å²) in [5.41, 5.74) is 2.32. The molecule has 1 aliphatic rings. The molecule has 5 heteroatoms. The Morgan fingerprint density at radius 3 is 2.53 bits per heavy atom. The lowest BCUT2D eigenvalue weighted by Gasteiger charge is -2.29. The SMILES string of the molecule is CCCCCCCC(=O)OCN(C)C[C@@H]1c2ccccc2Oc2ccc(Cl)cc2[C@H]1CC. The van der Waals surface area contributed by atoms with Gasteiger partial charge in [0.2, 0.25) is 0 Å². The Morgan fingerprint density at radius 2 is 1.75 bits per heavy atom. The summed E-state index contributed by atoms with van der Waals surface area (Å²) in [5.74, 6) is 2.10. The van der Waals surface area contributed by atoms with Gasteiger partial charge in [-0.2, -0.15) is 0 Å². The number of halogens is 1. The van der Waals surface area contributed by atoms with E-state index >= 15 is 0 Å². The Labute approximate surface area is 197 Å². The molecule has 174 valence electrons. The standard InChI is InChI=1S/C27H36ClNO3/c1-4-6-7-8-9-14-27(30)31-19-29(3)18-24-21(5-2)23-17-20(28)15-16-26(23)32-25-13-11-10-12-22(24)25/h10-13,15-17,21,24H,4-9,14,18-19H2,1-3H3/t21-,24+/m1/s1. The maximum atomic E-state index is 12.2. The summed E-state index contributed by atoms with van der Waals surface area (Å²) in [6.07, 6.45) is 7.10. The van der Waals surface area contributed by atoms with Gasteiger partial charge in [-0.3, -0.25) is 9.69 Å². The molecule has 0 radical (unpaired) electrons. The highest BCUT2D eigenvalue weighted by molar-refractivity contribution is 6.30. The number of ether oxygens (including phenoxy) is 2. The van der Waals surface area contributed by atoms with Crippen LogP contribution >= 0.6 is 11.6 Å². The Morgan fingerprint density at radius 1 is 1.00 bits per heavy atom. The molecule has 0 aliphatic carbocycles. The van der Waals surface area contributed by atoms with Crippen molar-refractivity contribution in [1.29, 1.82) is 0 Å². The zero-order valence-electron chi connectivity index (χ0n) is 19.6. The first-order valence-electron chi connectivity index (χ1n) is 11.9. The van der Waals surface area contributed by atoms with Gasteiger partial charge in [0.15, 0.2) is 0 Å². The van der Waals surface area contributed by atoms with E-state index in [0.717, 1.165) is 47.9 Å². The zero-order chi connectivity index (χ0) is 22.9. The minimum absolute atomic E-state index is 0.109. The van der Waals surface area contributed by atoms with Gasteiger partial charge in [-0.15, -0.1) is 0 Å². The average Bonchev–Trinajstić information content (AvgIpc) is 2.91. The van der Waals surface area contributed by atoms with Crippen LogP contribution in [0, 0.1) is 0 Å². The van der Waals surface area contributed by atoms with Crippen LogP contribution in [0.15, 0.2) is 42.5 Å². The van der Waals surface area contributed by atoms with Crippen LogP contribution < -0.4 is 4.74 Å². The predicted octanol–water partition coefficient (Wildman–Crippen LogP) is 7.52. The van der Waals surface area contributed by atoms with Crippen molar-refractivity contribution in [3.8, 4) is 11.5 Å². The third-order valence-corrected chi connectivity index (χ3v) is 6.51. The number of hydrogen-bond acceptors (Lipinski definition) is 4. The summed E-state index contributed by atoms with van der Waals surface area (Å²) < 4.78 is 11.9. The molecule has 0 fully saturated rings. The van der Waals surface area contributed by atoms with Crippen molar-refractivity contribution in [1.82, 2.24) is 4.90 Å².